The van der Waals surface area contributed by atoms with Crippen molar-refractivity contribution in [3.8, 4) is 0 Å². The Bertz CT molecular complexity index is 799. The second-order valence-corrected chi connectivity index (χ2v) is 7.10. The minimum Gasteiger partial charge on any atom is -0.479 e. The van der Waals surface area contributed by atoms with Gasteiger partial charge in [0.15, 0.2) is 5.60 Å². The molecule has 6 nitrogen and oxygen atoms in total. The van der Waals surface area contributed by atoms with E-state index in [0.29, 0.717) is 16.9 Å². The van der Waals surface area contributed by atoms with Crippen LogP contribution in [-0.4, -0.2) is 35.5 Å². The number of allylic oxidation sites excluding steroid dienone is 2. The molecule has 0 radical (unpaired) electrons. The van der Waals surface area contributed by atoms with Crippen molar-refractivity contribution < 1.29 is 28.6 Å². The molecule has 0 aromatic carbocycles. The number of fused-ring (bicyclic) bond motifs is 3. The Morgan fingerprint density at radius 1 is 1.42 bits per heavy atom. The van der Waals surface area contributed by atoms with E-state index in [1.165, 1.54) is 6.08 Å². The van der Waals surface area contributed by atoms with Crippen LogP contribution in [0.2, 0.25) is 0 Å². The summed E-state index contributed by atoms with van der Waals surface area (Å²) in [5.41, 5.74) is 0.195. The smallest absolute Gasteiger partial charge is 0.334 e. The first-order chi connectivity index (χ1) is 12.2. The molecule has 0 aromatic heterocycles. The van der Waals surface area contributed by atoms with Crippen LogP contribution in [0.1, 0.15) is 34.1 Å². The minimum atomic E-state index is -1.17. The number of carbonyl (C=O) groups is 3. The number of hydrogen-bond acceptors (Lipinski definition) is 6. The zero-order valence-corrected chi connectivity index (χ0v) is 15.3. The van der Waals surface area contributed by atoms with Gasteiger partial charge in [0.1, 0.15) is 18.0 Å². The summed E-state index contributed by atoms with van der Waals surface area (Å²) in [6, 6.07) is 0. The van der Waals surface area contributed by atoms with Crippen molar-refractivity contribution in [1.29, 1.82) is 0 Å². The van der Waals surface area contributed by atoms with Crippen molar-refractivity contribution in [2.75, 3.05) is 0 Å². The topological polar surface area (TPSA) is 78.9 Å². The van der Waals surface area contributed by atoms with Crippen LogP contribution < -0.4 is 0 Å². The lowest BCUT2D eigenvalue weighted by Gasteiger charge is -2.31. The minimum absolute atomic E-state index is 0.104. The fourth-order valence-corrected chi connectivity index (χ4v) is 3.41. The molecule has 0 aromatic rings. The maximum absolute atomic E-state index is 12.5. The molecule has 0 spiro atoms. The lowest BCUT2D eigenvalue weighted by Crippen LogP contribution is -2.42. The Hall–Kier alpha value is -2.63. The zero-order chi connectivity index (χ0) is 19.2. The molecule has 3 rings (SSSR count). The summed E-state index contributed by atoms with van der Waals surface area (Å²) in [6.45, 7) is 10.6. The van der Waals surface area contributed by atoms with Gasteiger partial charge < -0.3 is 14.2 Å². The second-order valence-electron chi connectivity index (χ2n) is 7.10. The van der Waals surface area contributed by atoms with E-state index in [2.05, 4.69) is 6.58 Å². The third-order valence-electron chi connectivity index (χ3n) is 5.19. The van der Waals surface area contributed by atoms with Gasteiger partial charge in [-0.2, -0.15) is 0 Å². The Morgan fingerprint density at radius 2 is 2.12 bits per heavy atom. The lowest BCUT2D eigenvalue weighted by atomic mass is 9.82. The lowest BCUT2D eigenvalue weighted by molar-refractivity contribution is -0.153. The van der Waals surface area contributed by atoms with Crippen LogP contribution in [0.5, 0.6) is 0 Å². The fraction of sp³-hybridized carbons (Fsp3) is 0.450. The van der Waals surface area contributed by atoms with Crippen LogP contribution in [0.15, 0.2) is 47.3 Å². The first-order valence-electron chi connectivity index (χ1n) is 8.54. The van der Waals surface area contributed by atoms with Gasteiger partial charge in [0.25, 0.3) is 0 Å². The molecule has 26 heavy (non-hydrogen) atoms. The largest absolute Gasteiger partial charge is 0.479 e. The Kier molecular flexibility index (Phi) is 4.38. The first-order valence-corrected chi connectivity index (χ1v) is 8.54. The molecular formula is C20H22O6. The van der Waals surface area contributed by atoms with Crippen molar-refractivity contribution in [2.45, 2.75) is 51.9 Å². The van der Waals surface area contributed by atoms with E-state index in [9.17, 15) is 14.4 Å². The Balaban J connectivity index is 2.05. The quantitative estimate of drug-likeness (QED) is 0.558. The van der Waals surface area contributed by atoms with Crippen molar-refractivity contribution in [2.24, 2.45) is 5.92 Å². The molecule has 0 unspecified atom stereocenters. The van der Waals surface area contributed by atoms with Crippen LogP contribution in [0.25, 0.3) is 0 Å². The molecule has 0 N–H and O–H groups in total. The molecular weight excluding hydrogens is 336 g/mol. The van der Waals surface area contributed by atoms with Gasteiger partial charge >= 0.3 is 11.9 Å². The molecule has 3 aliphatic heterocycles. The van der Waals surface area contributed by atoms with E-state index < -0.39 is 35.7 Å². The summed E-state index contributed by atoms with van der Waals surface area (Å²) in [6.07, 6.45) is 3.50. The Labute approximate surface area is 152 Å². The van der Waals surface area contributed by atoms with Crippen molar-refractivity contribution in [3.05, 3.63) is 47.3 Å². The standard InChI is InChI=1S/C20H22O6/c1-6-10(2)18(22)25-15-9-20(5)16(21)8-13(26-20)11(3)7-14-17(15)12(4)19(23)24-14/h6-8,14-15,17H,4,9H2,1-3,5H3/b10-6-,11-7-/t14-,15-,17+,20-/m1/s1. The van der Waals surface area contributed by atoms with Gasteiger partial charge in [-0.3, -0.25) is 4.79 Å². The van der Waals surface area contributed by atoms with Gasteiger partial charge in [0.2, 0.25) is 5.78 Å². The zero-order valence-electron chi connectivity index (χ0n) is 15.3. The first kappa shape index (κ1) is 18.2. The summed E-state index contributed by atoms with van der Waals surface area (Å²) < 4.78 is 17.0. The van der Waals surface area contributed by atoms with Crippen LogP contribution in [0.3, 0.4) is 0 Å². The maximum Gasteiger partial charge on any atom is 0.334 e. The van der Waals surface area contributed by atoms with Crippen LogP contribution >= 0.6 is 0 Å². The fourth-order valence-electron chi connectivity index (χ4n) is 3.41. The normalized spacial score (nSPS) is 35.9. The molecule has 1 fully saturated rings. The molecule has 1 saturated heterocycles. The van der Waals surface area contributed by atoms with E-state index in [1.807, 2.05) is 0 Å². The van der Waals surface area contributed by atoms with E-state index in [1.54, 1.807) is 39.8 Å². The summed E-state index contributed by atoms with van der Waals surface area (Å²) in [4.78, 5) is 36.9. The molecule has 3 heterocycles. The molecule has 0 amide bonds. The molecule has 138 valence electrons. The van der Waals surface area contributed by atoms with Gasteiger partial charge in [-0.1, -0.05) is 12.7 Å². The van der Waals surface area contributed by atoms with E-state index >= 15 is 0 Å². The number of hydrogen-bond donors (Lipinski definition) is 0. The molecule has 6 heteroatoms. The monoisotopic (exact) mass is 358 g/mol. The molecule has 2 bridgehead atoms. The molecule has 3 aliphatic rings. The SMILES string of the molecule is C=C1C(=O)O[C@@H]2/C=C(/C)C3=CC(=O)[C@@](C)(C[C@@H](OC(=O)/C(C)=C\C)[C@@H]12)O3. The average Bonchev–Trinajstić information content (AvgIpc) is 3.03. The van der Waals surface area contributed by atoms with Gasteiger partial charge in [-0.25, -0.2) is 9.59 Å². The Morgan fingerprint density at radius 3 is 2.77 bits per heavy atom. The third kappa shape index (κ3) is 2.89. The highest BCUT2D eigenvalue weighted by Gasteiger charge is 2.51. The highest BCUT2D eigenvalue weighted by Crippen LogP contribution is 2.42. The summed E-state index contributed by atoms with van der Waals surface area (Å²) >= 11 is 0. The van der Waals surface area contributed by atoms with Gasteiger partial charge in [-0.05, 0) is 39.3 Å². The van der Waals surface area contributed by atoms with E-state index in [4.69, 9.17) is 14.2 Å². The van der Waals surface area contributed by atoms with Gasteiger partial charge in [-0.15, -0.1) is 0 Å². The predicted octanol–water partition coefficient (Wildman–Crippen LogP) is 2.55. The van der Waals surface area contributed by atoms with Gasteiger partial charge in [0.05, 0.1) is 5.92 Å². The summed E-state index contributed by atoms with van der Waals surface area (Å²) in [5, 5.41) is 0. The van der Waals surface area contributed by atoms with Crippen molar-refractivity contribution in [1.82, 2.24) is 0 Å². The van der Waals surface area contributed by atoms with Crippen molar-refractivity contribution >= 4 is 17.7 Å². The van der Waals surface area contributed by atoms with Crippen LogP contribution in [0.4, 0.5) is 0 Å². The number of rotatable bonds is 2. The number of carbonyl (C=O) groups excluding carboxylic acids is 3. The summed E-state index contributed by atoms with van der Waals surface area (Å²) in [5.74, 6) is -1.35. The third-order valence-corrected chi connectivity index (χ3v) is 5.19. The summed E-state index contributed by atoms with van der Waals surface area (Å²) in [7, 11) is 0. The highest BCUT2D eigenvalue weighted by molar-refractivity contribution is 6.00. The number of ketones is 1. The number of ether oxygens (including phenoxy) is 3. The van der Waals surface area contributed by atoms with Crippen molar-refractivity contribution in [3.63, 3.8) is 0 Å². The van der Waals surface area contributed by atoms with E-state index in [0.717, 1.165) is 0 Å². The number of esters is 2. The highest BCUT2D eigenvalue weighted by atomic mass is 16.6. The van der Waals surface area contributed by atoms with Crippen LogP contribution in [-0.2, 0) is 28.6 Å². The average molecular weight is 358 g/mol. The molecule has 0 saturated carbocycles. The van der Waals surface area contributed by atoms with Crippen LogP contribution in [0, 0.1) is 5.92 Å². The van der Waals surface area contributed by atoms with Gasteiger partial charge in [0, 0.05) is 23.6 Å². The van der Waals surface area contributed by atoms with E-state index in [-0.39, 0.29) is 17.8 Å². The maximum atomic E-state index is 12.5. The second kappa shape index (κ2) is 6.27. The molecule has 4 atom stereocenters. The predicted molar refractivity (Wildman–Crippen MR) is 92.8 cm³/mol. The molecule has 0 aliphatic carbocycles.